The molecule has 0 saturated heterocycles. The van der Waals surface area contributed by atoms with E-state index in [-0.39, 0.29) is 35.6 Å². The number of carbonyl (C=O) groups is 2. The molecule has 0 radical (unpaired) electrons. The summed E-state index contributed by atoms with van der Waals surface area (Å²) >= 11 is 0. The number of carbonyl (C=O) groups excluding carboxylic acids is 2. The lowest BCUT2D eigenvalue weighted by Gasteiger charge is -2.22. The van der Waals surface area contributed by atoms with E-state index in [1.54, 1.807) is 0 Å². The molecule has 1 amide bonds. The maximum absolute atomic E-state index is 13.1. The summed E-state index contributed by atoms with van der Waals surface area (Å²) in [5.41, 5.74) is -0.909. The minimum absolute atomic E-state index is 0.174. The van der Waals surface area contributed by atoms with Crippen LogP contribution < -0.4 is 10.9 Å². The molecule has 6 nitrogen and oxygen atoms in total. The van der Waals surface area contributed by atoms with Crippen molar-refractivity contribution in [2.45, 2.75) is 31.9 Å². The van der Waals surface area contributed by atoms with E-state index in [2.05, 4.69) is 5.32 Å². The lowest BCUT2D eigenvalue weighted by molar-refractivity contribution is -0.137. The number of benzene rings is 1. The standard InChI is InChI=1S/C21H21F3N2O4/c1-30-11-3-10-25-19(28)16-12-15-17(4-2-5-18(15)27)26(20(16)29)14-8-6-13(7-9-14)21(22,23)24/h6-9,12H,2-5,10-11H2,1H3,(H,25,28). The highest BCUT2D eigenvalue weighted by molar-refractivity contribution is 6.01. The number of hydrogen-bond acceptors (Lipinski definition) is 4. The van der Waals surface area contributed by atoms with Crippen LogP contribution in [0.5, 0.6) is 0 Å². The maximum atomic E-state index is 13.1. The average molecular weight is 422 g/mol. The number of rotatable bonds is 6. The molecule has 3 rings (SSSR count). The van der Waals surface area contributed by atoms with Crippen LogP contribution in [0.4, 0.5) is 13.2 Å². The Labute approximate surface area is 170 Å². The Morgan fingerprint density at radius 3 is 2.50 bits per heavy atom. The second-order valence-electron chi connectivity index (χ2n) is 6.98. The fraction of sp³-hybridized carbons (Fsp3) is 0.381. The molecule has 0 fully saturated rings. The van der Waals surface area contributed by atoms with Crippen LogP contribution in [0.25, 0.3) is 5.69 Å². The number of halogens is 3. The van der Waals surface area contributed by atoms with Gasteiger partial charge in [-0.3, -0.25) is 19.0 Å². The van der Waals surface area contributed by atoms with E-state index in [1.807, 2.05) is 0 Å². The number of ether oxygens (including phenoxy) is 1. The molecular weight excluding hydrogens is 401 g/mol. The van der Waals surface area contributed by atoms with Crippen LogP contribution in [-0.4, -0.2) is 36.5 Å². The number of aromatic nitrogens is 1. The highest BCUT2D eigenvalue weighted by Crippen LogP contribution is 2.30. The third-order valence-corrected chi connectivity index (χ3v) is 4.93. The summed E-state index contributed by atoms with van der Waals surface area (Å²) < 4.78 is 44.8. The number of Topliss-reactive ketones (excluding diaryl/α,β-unsaturated/α-hetero) is 1. The fourth-order valence-corrected chi connectivity index (χ4v) is 3.44. The van der Waals surface area contributed by atoms with Gasteiger partial charge in [0.15, 0.2) is 5.78 Å². The quantitative estimate of drug-likeness (QED) is 0.726. The number of amides is 1. The first-order chi connectivity index (χ1) is 14.2. The zero-order valence-electron chi connectivity index (χ0n) is 16.3. The van der Waals surface area contributed by atoms with Crippen LogP contribution in [0.15, 0.2) is 35.1 Å². The largest absolute Gasteiger partial charge is 0.416 e. The molecule has 2 aromatic rings. The van der Waals surface area contributed by atoms with Crippen molar-refractivity contribution in [1.82, 2.24) is 9.88 Å². The van der Waals surface area contributed by atoms with Gasteiger partial charge >= 0.3 is 6.18 Å². The predicted molar refractivity (Wildman–Crippen MR) is 103 cm³/mol. The Bertz CT molecular complexity index is 1010. The van der Waals surface area contributed by atoms with Gasteiger partial charge in [-0.25, -0.2) is 0 Å². The summed E-state index contributed by atoms with van der Waals surface area (Å²) in [6, 6.07) is 5.38. The summed E-state index contributed by atoms with van der Waals surface area (Å²) in [6.45, 7) is 0.705. The normalized spacial score (nSPS) is 13.8. The van der Waals surface area contributed by atoms with E-state index in [0.29, 0.717) is 31.6 Å². The average Bonchev–Trinajstić information content (AvgIpc) is 2.70. The number of alkyl halides is 3. The zero-order chi connectivity index (χ0) is 21.9. The Balaban J connectivity index is 2.07. The molecule has 9 heteroatoms. The SMILES string of the molecule is COCCCNC(=O)c1cc2c(n(-c3ccc(C(F)(F)F)cc3)c1=O)CCCC2=O. The second-order valence-corrected chi connectivity index (χ2v) is 6.98. The van der Waals surface area contributed by atoms with E-state index >= 15 is 0 Å². The third kappa shape index (κ3) is 4.46. The predicted octanol–water partition coefficient (Wildman–Crippen LogP) is 3.14. The lowest BCUT2D eigenvalue weighted by Crippen LogP contribution is -2.36. The summed E-state index contributed by atoms with van der Waals surface area (Å²) in [6.07, 6.45) is -2.75. The van der Waals surface area contributed by atoms with Crippen LogP contribution in [0.1, 0.15) is 51.2 Å². The zero-order valence-corrected chi connectivity index (χ0v) is 16.3. The highest BCUT2D eigenvalue weighted by Gasteiger charge is 2.31. The smallest absolute Gasteiger partial charge is 0.385 e. The lowest BCUT2D eigenvalue weighted by atomic mass is 9.92. The molecule has 0 unspecified atom stereocenters. The van der Waals surface area contributed by atoms with Gasteiger partial charge in [0.2, 0.25) is 0 Å². The fourth-order valence-electron chi connectivity index (χ4n) is 3.44. The van der Waals surface area contributed by atoms with Crippen LogP contribution in [0.3, 0.4) is 0 Å². The number of hydrogen-bond donors (Lipinski definition) is 1. The van der Waals surface area contributed by atoms with Crippen molar-refractivity contribution in [3.8, 4) is 5.69 Å². The van der Waals surface area contributed by atoms with Crippen molar-refractivity contribution in [3.63, 3.8) is 0 Å². The van der Waals surface area contributed by atoms with Gasteiger partial charge in [0.25, 0.3) is 11.5 Å². The van der Waals surface area contributed by atoms with Gasteiger partial charge in [-0.05, 0) is 49.6 Å². The molecule has 160 valence electrons. The summed E-state index contributed by atoms with van der Waals surface area (Å²) in [7, 11) is 1.53. The van der Waals surface area contributed by atoms with Gasteiger partial charge in [-0.1, -0.05) is 0 Å². The molecule has 1 aromatic heterocycles. The summed E-state index contributed by atoms with van der Waals surface area (Å²) in [4.78, 5) is 38.1. The van der Waals surface area contributed by atoms with Gasteiger partial charge in [-0.2, -0.15) is 13.2 Å². The van der Waals surface area contributed by atoms with Gasteiger partial charge in [0, 0.05) is 43.6 Å². The Morgan fingerprint density at radius 1 is 1.17 bits per heavy atom. The number of nitrogens with zero attached hydrogens (tertiary/aromatic N) is 1. The molecule has 1 N–H and O–H groups in total. The molecule has 0 aliphatic heterocycles. The molecule has 1 aliphatic rings. The van der Waals surface area contributed by atoms with Crippen molar-refractivity contribution in [2.24, 2.45) is 0 Å². The molecular formula is C21H21F3N2O4. The summed E-state index contributed by atoms with van der Waals surface area (Å²) in [5.74, 6) is -0.844. The van der Waals surface area contributed by atoms with Crippen molar-refractivity contribution in [1.29, 1.82) is 0 Å². The minimum atomic E-state index is -4.51. The van der Waals surface area contributed by atoms with E-state index in [1.165, 1.54) is 29.9 Å². The van der Waals surface area contributed by atoms with Gasteiger partial charge < -0.3 is 10.1 Å². The molecule has 1 aromatic carbocycles. The second kappa shape index (κ2) is 8.83. The van der Waals surface area contributed by atoms with Crippen molar-refractivity contribution >= 4 is 11.7 Å². The van der Waals surface area contributed by atoms with Gasteiger partial charge in [0.1, 0.15) is 5.56 Å². The number of nitrogens with one attached hydrogen (secondary N) is 1. The molecule has 30 heavy (non-hydrogen) atoms. The van der Waals surface area contributed by atoms with E-state index in [0.717, 1.165) is 12.1 Å². The van der Waals surface area contributed by atoms with E-state index in [9.17, 15) is 27.6 Å². The molecule has 1 aliphatic carbocycles. The maximum Gasteiger partial charge on any atom is 0.416 e. The van der Waals surface area contributed by atoms with Crippen LogP contribution in [0, 0.1) is 0 Å². The number of pyridine rings is 1. The number of methoxy groups -OCH3 is 1. The monoisotopic (exact) mass is 422 g/mol. The number of fused-ring (bicyclic) bond motifs is 1. The van der Waals surface area contributed by atoms with Crippen LogP contribution >= 0.6 is 0 Å². The van der Waals surface area contributed by atoms with Gasteiger partial charge in [-0.15, -0.1) is 0 Å². The third-order valence-electron chi connectivity index (χ3n) is 4.93. The topological polar surface area (TPSA) is 77.4 Å². The first kappa shape index (κ1) is 21.8. The first-order valence-corrected chi connectivity index (χ1v) is 9.51. The van der Waals surface area contributed by atoms with Crippen molar-refractivity contribution in [3.05, 3.63) is 63.1 Å². The molecule has 0 atom stereocenters. The van der Waals surface area contributed by atoms with Gasteiger partial charge in [0.05, 0.1) is 5.56 Å². The molecule has 1 heterocycles. The Kier molecular flexibility index (Phi) is 6.40. The van der Waals surface area contributed by atoms with E-state index < -0.39 is 23.2 Å². The minimum Gasteiger partial charge on any atom is -0.385 e. The Hall–Kier alpha value is -2.94. The molecule has 0 saturated carbocycles. The molecule has 0 bridgehead atoms. The van der Waals surface area contributed by atoms with E-state index in [4.69, 9.17) is 4.74 Å². The van der Waals surface area contributed by atoms with Crippen LogP contribution in [-0.2, 0) is 17.3 Å². The molecule has 0 spiro atoms. The highest BCUT2D eigenvalue weighted by atomic mass is 19.4. The summed E-state index contributed by atoms with van der Waals surface area (Å²) in [5, 5.41) is 2.61. The van der Waals surface area contributed by atoms with Crippen LogP contribution in [0.2, 0.25) is 0 Å². The van der Waals surface area contributed by atoms with Crippen molar-refractivity contribution in [2.75, 3.05) is 20.3 Å². The Morgan fingerprint density at radius 2 is 1.87 bits per heavy atom. The first-order valence-electron chi connectivity index (χ1n) is 9.51. The number of ketones is 1. The van der Waals surface area contributed by atoms with Crippen molar-refractivity contribution < 1.29 is 27.5 Å².